The first-order valence-corrected chi connectivity index (χ1v) is 8.25. The van der Waals surface area contributed by atoms with E-state index in [1.54, 1.807) is 11.3 Å². The number of aryl methyl sites for hydroxylation is 1. The van der Waals surface area contributed by atoms with Gasteiger partial charge in [0.1, 0.15) is 10.6 Å². The highest BCUT2D eigenvalue weighted by atomic mass is 35.5. The Morgan fingerprint density at radius 1 is 1.30 bits per heavy atom. The molecular formula is C15H20ClN3S. The SMILES string of the molecule is CNc1nc(Cl)nc2sc3c(c12)CCC(C(C)(C)C)C3. The highest BCUT2D eigenvalue weighted by molar-refractivity contribution is 7.19. The Balaban J connectivity index is 2.11. The van der Waals surface area contributed by atoms with Gasteiger partial charge < -0.3 is 5.32 Å². The molecule has 0 aliphatic heterocycles. The van der Waals surface area contributed by atoms with E-state index in [1.807, 2.05) is 7.05 Å². The third kappa shape index (κ3) is 2.29. The van der Waals surface area contributed by atoms with Crippen LogP contribution in [-0.2, 0) is 12.8 Å². The van der Waals surface area contributed by atoms with Gasteiger partial charge in [-0.25, -0.2) is 9.97 Å². The average molecular weight is 310 g/mol. The van der Waals surface area contributed by atoms with Gasteiger partial charge in [0.25, 0.3) is 0 Å². The molecule has 0 saturated carbocycles. The topological polar surface area (TPSA) is 37.8 Å². The largest absolute Gasteiger partial charge is 0.372 e. The Hall–Kier alpha value is -0.870. The second-order valence-corrected chi connectivity index (χ2v) is 8.00. The summed E-state index contributed by atoms with van der Waals surface area (Å²) >= 11 is 7.80. The molecule has 0 bridgehead atoms. The fourth-order valence-corrected chi connectivity index (χ4v) is 4.59. The van der Waals surface area contributed by atoms with Crippen LogP contribution in [0.25, 0.3) is 10.2 Å². The zero-order valence-corrected chi connectivity index (χ0v) is 14.0. The molecule has 2 aromatic rings. The molecule has 1 atom stereocenters. The second-order valence-electron chi connectivity index (χ2n) is 6.58. The Morgan fingerprint density at radius 3 is 2.70 bits per heavy atom. The molecule has 3 nitrogen and oxygen atoms in total. The van der Waals surface area contributed by atoms with E-state index in [9.17, 15) is 0 Å². The number of nitrogens with zero attached hydrogens (tertiary/aromatic N) is 2. The van der Waals surface area contributed by atoms with E-state index in [0.29, 0.717) is 10.7 Å². The van der Waals surface area contributed by atoms with E-state index in [-0.39, 0.29) is 0 Å². The predicted octanol–water partition coefficient (Wildman–Crippen LogP) is 4.54. The van der Waals surface area contributed by atoms with E-state index >= 15 is 0 Å². The van der Waals surface area contributed by atoms with E-state index in [0.717, 1.165) is 29.4 Å². The van der Waals surface area contributed by atoms with Crippen LogP contribution in [0, 0.1) is 11.3 Å². The summed E-state index contributed by atoms with van der Waals surface area (Å²) in [6.07, 6.45) is 3.52. The number of nitrogens with one attached hydrogen (secondary N) is 1. The molecule has 1 N–H and O–H groups in total. The first kappa shape index (κ1) is 14.1. The van der Waals surface area contributed by atoms with Gasteiger partial charge in [-0.1, -0.05) is 20.8 Å². The normalized spacial score (nSPS) is 19.1. The van der Waals surface area contributed by atoms with Crippen LogP contribution in [-0.4, -0.2) is 17.0 Å². The number of hydrogen-bond donors (Lipinski definition) is 1. The molecule has 1 unspecified atom stereocenters. The lowest BCUT2D eigenvalue weighted by Gasteiger charge is -2.33. The van der Waals surface area contributed by atoms with Gasteiger partial charge in [0.15, 0.2) is 0 Å². The van der Waals surface area contributed by atoms with Gasteiger partial charge in [-0.05, 0) is 47.8 Å². The predicted molar refractivity (Wildman–Crippen MR) is 86.9 cm³/mol. The van der Waals surface area contributed by atoms with Crippen molar-refractivity contribution in [2.24, 2.45) is 11.3 Å². The van der Waals surface area contributed by atoms with Crippen LogP contribution in [0.2, 0.25) is 5.28 Å². The lowest BCUT2D eigenvalue weighted by atomic mass is 9.72. The van der Waals surface area contributed by atoms with Gasteiger partial charge in [-0.3, -0.25) is 0 Å². The minimum Gasteiger partial charge on any atom is -0.372 e. The molecule has 2 aromatic heterocycles. The Morgan fingerprint density at radius 2 is 2.05 bits per heavy atom. The van der Waals surface area contributed by atoms with E-state index < -0.39 is 0 Å². The van der Waals surface area contributed by atoms with Gasteiger partial charge >= 0.3 is 0 Å². The van der Waals surface area contributed by atoms with Crippen LogP contribution >= 0.6 is 22.9 Å². The number of anilines is 1. The van der Waals surface area contributed by atoms with Gasteiger partial charge in [-0.15, -0.1) is 11.3 Å². The first-order chi connectivity index (χ1) is 9.40. The molecule has 0 saturated heterocycles. The van der Waals surface area contributed by atoms with Crippen LogP contribution in [0.1, 0.15) is 37.6 Å². The van der Waals surface area contributed by atoms with Crippen molar-refractivity contribution in [1.82, 2.24) is 9.97 Å². The third-order valence-electron chi connectivity index (χ3n) is 4.34. The lowest BCUT2D eigenvalue weighted by molar-refractivity contribution is 0.218. The van der Waals surface area contributed by atoms with Crippen molar-refractivity contribution in [3.63, 3.8) is 0 Å². The van der Waals surface area contributed by atoms with E-state index in [2.05, 4.69) is 36.1 Å². The maximum absolute atomic E-state index is 6.01. The van der Waals surface area contributed by atoms with Gasteiger partial charge in [0.05, 0.1) is 5.39 Å². The van der Waals surface area contributed by atoms with Crippen LogP contribution in [0.15, 0.2) is 0 Å². The summed E-state index contributed by atoms with van der Waals surface area (Å²) in [7, 11) is 1.89. The number of aromatic nitrogens is 2. The maximum Gasteiger partial charge on any atom is 0.225 e. The summed E-state index contributed by atoms with van der Waals surface area (Å²) in [5.41, 5.74) is 1.80. The summed E-state index contributed by atoms with van der Waals surface area (Å²) in [5, 5.41) is 4.67. The van der Waals surface area contributed by atoms with Crippen molar-refractivity contribution in [2.45, 2.75) is 40.0 Å². The standard InChI is InChI=1S/C15H20ClN3S/c1-15(2,3)8-5-6-9-10(7-8)20-13-11(9)12(17-4)18-14(16)19-13/h8H,5-7H2,1-4H3,(H,17,18,19). The fourth-order valence-electron chi connectivity index (χ4n) is 3.07. The van der Waals surface area contributed by atoms with Gasteiger partial charge in [0.2, 0.25) is 5.28 Å². The molecule has 2 heterocycles. The molecule has 108 valence electrons. The van der Waals surface area contributed by atoms with Crippen molar-refractivity contribution in [1.29, 1.82) is 0 Å². The molecule has 0 amide bonds. The van der Waals surface area contributed by atoms with Crippen molar-refractivity contribution in [3.8, 4) is 0 Å². The number of rotatable bonds is 1. The number of fused-ring (bicyclic) bond motifs is 3. The Labute approximate surface area is 128 Å². The summed E-state index contributed by atoms with van der Waals surface area (Å²) in [5.74, 6) is 1.61. The fraction of sp³-hybridized carbons (Fsp3) is 0.600. The molecule has 0 spiro atoms. The highest BCUT2D eigenvalue weighted by Crippen LogP contribution is 2.44. The second kappa shape index (κ2) is 4.85. The van der Waals surface area contributed by atoms with Crippen molar-refractivity contribution in [2.75, 3.05) is 12.4 Å². The van der Waals surface area contributed by atoms with Crippen LogP contribution in [0.5, 0.6) is 0 Å². The minimum atomic E-state index is 0.327. The van der Waals surface area contributed by atoms with Crippen molar-refractivity contribution in [3.05, 3.63) is 15.7 Å². The molecular weight excluding hydrogens is 290 g/mol. The third-order valence-corrected chi connectivity index (χ3v) is 5.66. The summed E-state index contributed by atoms with van der Waals surface area (Å²) in [6.45, 7) is 7.02. The molecule has 0 radical (unpaired) electrons. The molecule has 1 aliphatic rings. The average Bonchev–Trinajstić information content (AvgIpc) is 2.73. The summed E-state index contributed by atoms with van der Waals surface area (Å²) < 4.78 is 0. The lowest BCUT2D eigenvalue weighted by Crippen LogP contribution is -2.26. The molecule has 3 rings (SSSR count). The van der Waals surface area contributed by atoms with E-state index in [1.165, 1.54) is 22.2 Å². The zero-order valence-electron chi connectivity index (χ0n) is 12.4. The first-order valence-electron chi connectivity index (χ1n) is 7.05. The smallest absolute Gasteiger partial charge is 0.225 e. The van der Waals surface area contributed by atoms with Crippen LogP contribution in [0.3, 0.4) is 0 Å². The summed E-state index contributed by atoms with van der Waals surface area (Å²) in [6, 6.07) is 0. The molecule has 20 heavy (non-hydrogen) atoms. The number of hydrogen-bond acceptors (Lipinski definition) is 4. The van der Waals surface area contributed by atoms with Crippen LogP contribution < -0.4 is 5.32 Å². The number of thiophene rings is 1. The highest BCUT2D eigenvalue weighted by Gasteiger charge is 2.31. The van der Waals surface area contributed by atoms with E-state index in [4.69, 9.17) is 11.6 Å². The molecule has 1 aliphatic carbocycles. The Kier molecular flexibility index (Phi) is 3.41. The van der Waals surface area contributed by atoms with Crippen LogP contribution in [0.4, 0.5) is 5.82 Å². The molecule has 0 aromatic carbocycles. The van der Waals surface area contributed by atoms with Gasteiger partial charge in [-0.2, -0.15) is 0 Å². The van der Waals surface area contributed by atoms with Crippen molar-refractivity contribution >= 4 is 39.0 Å². The maximum atomic E-state index is 6.01. The van der Waals surface area contributed by atoms with Gasteiger partial charge in [0, 0.05) is 11.9 Å². The van der Waals surface area contributed by atoms with Crippen molar-refractivity contribution < 1.29 is 0 Å². The quantitative estimate of drug-likeness (QED) is 0.786. The zero-order chi connectivity index (χ0) is 14.5. The summed E-state index contributed by atoms with van der Waals surface area (Å²) in [4.78, 5) is 11.2. The number of halogens is 1. The molecule has 0 fully saturated rings. The molecule has 5 heteroatoms. The monoisotopic (exact) mass is 309 g/mol. The Bertz CT molecular complexity index is 657. The minimum absolute atomic E-state index is 0.327.